The van der Waals surface area contributed by atoms with E-state index in [1.54, 1.807) is 0 Å². The van der Waals surface area contributed by atoms with Gasteiger partial charge in [-0.3, -0.25) is 4.68 Å². The van der Waals surface area contributed by atoms with Crippen LogP contribution in [0.4, 0.5) is 0 Å². The van der Waals surface area contributed by atoms with Gasteiger partial charge in [-0.15, -0.1) is 0 Å². The third-order valence-corrected chi connectivity index (χ3v) is 5.03. The van der Waals surface area contributed by atoms with Gasteiger partial charge in [-0.1, -0.05) is 44.2 Å². The number of aromatic nitrogens is 2. The summed E-state index contributed by atoms with van der Waals surface area (Å²) in [6.45, 7) is 5.61. The number of hydrogen-bond donors (Lipinski definition) is 0. The zero-order chi connectivity index (χ0) is 14.7. The molecule has 1 aromatic heterocycles. The maximum Gasteiger partial charge on any atom is 0.0659 e. The average Bonchev–Trinajstić information content (AvgIpc) is 2.97. The van der Waals surface area contributed by atoms with Gasteiger partial charge in [0.25, 0.3) is 0 Å². The van der Waals surface area contributed by atoms with Crippen molar-refractivity contribution >= 4 is 0 Å². The molecular weight excluding hydrogens is 256 g/mol. The zero-order valence-electron chi connectivity index (χ0n) is 13.2. The highest BCUT2D eigenvalue weighted by atomic mass is 15.3. The molecule has 0 radical (unpaired) electrons. The molecule has 1 heterocycles. The van der Waals surface area contributed by atoms with Crippen molar-refractivity contribution in [3.05, 3.63) is 53.9 Å². The van der Waals surface area contributed by atoms with Crippen LogP contribution in [0.5, 0.6) is 0 Å². The molecule has 1 fully saturated rings. The van der Waals surface area contributed by atoms with Crippen LogP contribution >= 0.6 is 0 Å². The average molecular weight is 282 g/mol. The molecule has 2 nitrogen and oxygen atoms in total. The van der Waals surface area contributed by atoms with E-state index in [4.69, 9.17) is 0 Å². The first-order chi connectivity index (χ1) is 10.2. The maximum absolute atomic E-state index is 4.56. The third kappa shape index (κ3) is 3.55. The molecule has 0 amide bonds. The van der Waals surface area contributed by atoms with Crippen LogP contribution < -0.4 is 0 Å². The van der Waals surface area contributed by atoms with Crippen molar-refractivity contribution in [2.45, 2.75) is 52.0 Å². The maximum atomic E-state index is 4.56. The van der Waals surface area contributed by atoms with Crippen LogP contribution in [0.3, 0.4) is 0 Å². The quantitative estimate of drug-likeness (QED) is 0.783. The molecule has 2 aromatic rings. The Balaban J connectivity index is 1.61. The van der Waals surface area contributed by atoms with Crippen LogP contribution in [0.1, 0.15) is 56.6 Å². The normalized spacial score (nSPS) is 22.6. The minimum atomic E-state index is 0.726. The lowest BCUT2D eigenvalue weighted by atomic mass is 9.75. The molecule has 2 heteroatoms. The van der Waals surface area contributed by atoms with Crippen molar-refractivity contribution in [3.63, 3.8) is 0 Å². The SMILES string of the molecule is CC(C)C1CCC(c2cnn(Cc3ccccc3)c2)CC1. The Morgan fingerprint density at radius 2 is 1.81 bits per heavy atom. The molecule has 0 bridgehead atoms. The Morgan fingerprint density at radius 1 is 1.10 bits per heavy atom. The number of hydrogen-bond acceptors (Lipinski definition) is 1. The second-order valence-corrected chi connectivity index (χ2v) is 6.81. The topological polar surface area (TPSA) is 17.8 Å². The molecule has 0 aliphatic heterocycles. The number of nitrogens with zero attached hydrogens (tertiary/aromatic N) is 2. The largest absolute Gasteiger partial charge is 0.268 e. The molecule has 1 aromatic carbocycles. The fraction of sp³-hybridized carbons (Fsp3) is 0.526. The van der Waals surface area contributed by atoms with Gasteiger partial charge in [0.05, 0.1) is 12.7 Å². The summed E-state index contributed by atoms with van der Waals surface area (Å²) in [7, 11) is 0. The minimum Gasteiger partial charge on any atom is -0.268 e. The van der Waals surface area contributed by atoms with Crippen molar-refractivity contribution in [2.75, 3.05) is 0 Å². The standard InChI is InChI=1S/C19H26N2/c1-15(2)17-8-10-18(11-9-17)19-12-20-21(14-19)13-16-6-4-3-5-7-16/h3-7,12,14-15,17-18H,8-11,13H2,1-2H3. The highest BCUT2D eigenvalue weighted by Crippen LogP contribution is 2.38. The Hall–Kier alpha value is -1.57. The molecule has 3 rings (SSSR count). The van der Waals surface area contributed by atoms with Crippen molar-refractivity contribution in [1.29, 1.82) is 0 Å². The molecule has 0 atom stereocenters. The lowest BCUT2D eigenvalue weighted by Crippen LogP contribution is -2.17. The summed E-state index contributed by atoms with van der Waals surface area (Å²) in [6, 6.07) is 10.6. The van der Waals surface area contributed by atoms with Gasteiger partial charge in [0.15, 0.2) is 0 Å². The second kappa shape index (κ2) is 6.46. The van der Waals surface area contributed by atoms with E-state index in [0.29, 0.717) is 0 Å². The summed E-state index contributed by atoms with van der Waals surface area (Å²) in [5, 5.41) is 4.56. The lowest BCUT2D eigenvalue weighted by molar-refractivity contribution is 0.259. The van der Waals surface area contributed by atoms with E-state index in [0.717, 1.165) is 24.3 Å². The fourth-order valence-electron chi connectivity index (χ4n) is 3.57. The monoisotopic (exact) mass is 282 g/mol. The highest BCUT2D eigenvalue weighted by molar-refractivity contribution is 5.17. The first-order valence-electron chi connectivity index (χ1n) is 8.28. The lowest BCUT2D eigenvalue weighted by Gasteiger charge is -2.30. The van der Waals surface area contributed by atoms with Crippen LogP contribution in [0.25, 0.3) is 0 Å². The second-order valence-electron chi connectivity index (χ2n) is 6.81. The summed E-state index contributed by atoms with van der Waals surface area (Å²) in [4.78, 5) is 0. The Kier molecular flexibility index (Phi) is 4.42. The van der Waals surface area contributed by atoms with E-state index in [1.807, 2.05) is 0 Å². The molecule has 0 N–H and O–H groups in total. The van der Waals surface area contributed by atoms with Gasteiger partial charge in [-0.25, -0.2) is 0 Å². The van der Waals surface area contributed by atoms with Crippen LogP contribution in [0.2, 0.25) is 0 Å². The summed E-state index contributed by atoms with van der Waals surface area (Å²) in [5.74, 6) is 2.50. The zero-order valence-corrected chi connectivity index (χ0v) is 13.2. The first kappa shape index (κ1) is 14.4. The molecule has 112 valence electrons. The predicted octanol–water partition coefficient (Wildman–Crippen LogP) is 4.86. The molecule has 1 aliphatic carbocycles. The molecule has 0 saturated heterocycles. The molecule has 21 heavy (non-hydrogen) atoms. The first-order valence-corrected chi connectivity index (χ1v) is 8.28. The summed E-state index contributed by atoms with van der Waals surface area (Å²) < 4.78 is 2.08. The Morgan fingerprint density at radius 3 is 2.48 bits per heavy atom. The van der Waals surface area contributed by atoms with E-state index in [2.05, 4.69) is 66.4 Å². The Bertz CT molecular complexity index is 548. The van der Waals surface area contributed by atoms with Crippen LogP contribution in [-0.2, 0) is 6.54 Å². The minimum absolute atomic E-state index is 0.726. The summed E-state index contributed by atoms with van der Waals surface area (Å²) >= 11 is 0. The highest BCUT2D eigenvalue weighted by Gasteiger charge is 2.24. The molecular formula is C19H26N2. The van der Waals surface area contributed by atoms with Gasteiger partial charge >= 0.3 is 0 Å². The van der Waals surface area contributed by atoms with Gasteiger partial charge in [0.2, 0.25) is 0 Å². The van der Waals surface area contributed by atoms with Crippen LogP contribution in [0, 0.1) is 11.8 Å². The molecule has 0 spiro atoms. The van der Waals surface area contributed by atoms with Crippen molar-refractivity contribution < 1.29 is 0 Å². The van der Waals surface area contributed by atoms with Crippen LogP contribution in [-0.4, -0.2) is 9.78 Å². The van der Waals surface area contributed by atoms with Crippen molar-refractivity contribution in [1.82, 2.24) is 9.78 Å². The van der Waals surface area contributed by atoms with Gasteiger partial charge in [0, 0.05) is 6.20 Å². The van der Waals surface area contributed by atoms with E-state index < -0.39 is 0 Å². The van der Waals surface area contributed by atoms with E-state index in [9.17, 15) is 0 Å². The summed E-state index contributed by atoms with van der Waals surface area (Å²) in [6.07, 6.45) is 9.77. The van der Waals surface area contributed by atoms with E-state index in [1.165, 1.54) is 36.8 Å². The van der Waals surface area contributed by atoms with Crippen LogP contribution in [0.15, 0.2) is 42.7 Å². The van der Waals surface area contributed by atoms with E-state index >= 15 is 0 Å². The predicted molar refractivity (Wildman–Crippen MR) is 87.3 cm³/mol. The smallest absolute Gasteiger partial charge is 0.0659 e. The van der Waals surface area contributed by atoms with Gasteiger partial charge in [-0.2, -0.15) is 5.10 Å². The van der Waals surface area contributed by atoms with Crippen molar-refractivity contribution in [3.8, 4) is 0 Å². The fourth-order valence-corrected chi connectivity index (χ4v) is 3.57. The molecule has 1 saturated carbocycles. The Labute approximate surface area is 128 Å². The number of rotatable bonds is 4. The van der Waals surface area contributed by atoms with Gasteiger partial charge < -0.3 is 0 Å². The molecule has 1 aliphatic rings. The third-order valence-electron chi connectivity index (χ3n) is 5.03. The van der Waals surface area contributed by atoms with Gasteiger partial charge in [0.1, 0.15) is 0 Å². The van der Waals surface area contributed by atoms with Crippen molar-refractivity contribution in [2.24, 2.45) is 11.8 Å². The van der Waals surface area contributed by atoms with E-state index in [-0.39, 0.29) is 0 Å². The molecule has 0 unspecified atom stereocenters. The van der Waals surface area contributed by atoms with Gasteiger partial charge in [-0.05, 0) is 54.6 Å². The summed E-state index contributed by atoms with van der Waals surface area (Å²) in [5.41, 5.74) is 2.75. The number of benzene rings is 1.